The van der Waals surface area contributed by atoms with Crippen LogP contribution in [-0.2, 0) is 6.42 Å². The van der Waals surface area contributed by atoms with Crippen LogP contribution in [0.4, 0.5) is 5.82 Å². The summed E-state index contributed by atoms with van der Waals surface area (Å²) in [7, 11) is 0. The van der Waals surface area contributed by atoms with E-state index in [9.17, 15) is 0 Å². The molecule has 2 N–H and O–H groups in total. The quantitative estimate of drug-likeness (QED) is 0.687. The van der Waals surface area contributed by atoms with Gasteiger partial charge in [-0.05, 0) is 32.3 Å². The second-order valence-electron chi connectivity index (χ2n) is 4.81. The maximum Gasteiger partial charge on any atom is 0.254 e. The molecule has 0 radical (unpaired) electrons. The predicted molar refractivity (Wildman–Crippen MR) is 75.7 cm³/mol. The van der Waals surface area contributed by atoms with Crippen LogP contribution in [0.25, 0.3) is 5.78 Å². The van der Waals surface area contributed by atoms with Gasteiger partial charge in [0.05, 0.1) is 6.20 Å². The fraction of sp³-hybridized carbons (Fsp3) is 0.385. The Morgan fingerprint density at radius 1 is 1.35 bits per heavy atom. The Kier molecular flexibility index (Phi) is 3.32. The monoisotopic (exact) mass is 271 g/mol. The molecule has 0 fully saturated rings. The molecule has 0 bridgehead atoms. The van der Waals surface area contributed by atoms with Crippen molar-refractivity contribution in [2.75, 3.05) is 11.9 Å². The van der Waals surface area contributed by atoms with Crippen molar-refractivity contribution in [1.29, 1.82) is 0 Å². The molecule has 7 heteroatoms. The lowest BCUT2D eigenvalue weighted by Gasteiger charge is -2.08. The number of nitrogens with one attached hydrogen (secondary N) is 2. The van der Waals surface area contributed by atoms with Crippen molar-refractivity contribution in [3.8, 4) is 0 Å². The first-order chi connectivity index (χ1) is 9.74. The van der Waals surface area contributed by atoms with E-state index in [0.29, 0.717) is 5.78 Å². The zero-order valence-electron chi connectivity index (χ0n) is 11.6. The van der Waals surface area contributed by atoms with E-state index in [-0.39, 0.29) is 0 Å². The van der Waals surface area contributed by atoms with Crippen molar-refractivity contribution >= 4 is 11.6 Å². The summed E-state index contributed by atoms with van der Waals surface area (Å²) in [5, 5.41) is 14.5. The van der Waals surface area contributed by atoms with Crippen molar-refractivity contribution in [2.24, 2.45) is 0 Å². The van der Waals surface area contributed by atoms with Gasteiger partial charge in [0.25, 0.3) is 5.78 Å². The average molecular weight is 271 g/mol. The van der Waals surface area contributed by atoms with Gasteiger partial charge < -0.3 is 5.32 Å². The number of H-pyrrole nitrogens is 1. The first kappa shape index (κ1) is 12.6. The number of fused-ring (bicyclic) bond motifs is 1. The third-order valence-corrected chi connectivity index (χ3v) is 3.24. The summed E-state index contributed by atoms with van der Waals surface area (Å²) in [6, 6.07) is 1.98. The summed E-state index contributed by atoms with van der Waals surface area (Å²) in [6.07, 6.45) is 5.43. The van der Waals surface area contributed by atoms with E-state index in [1.807, 2.05) is 26.1 Å². The number of hydrogen-bond acceptors (Lipinski definition) is 5. The average Bonchev–Trinajstić information content (AvgIpc) is 3.03. The fourth-order valence-electron chi connectivity index (χ4n) is 2.18. The van der Waals surface area contributed by atoms with Gasteiger partial charge in [-0.25, -0.2) is 4.98 Å². The Morgan fingerprint density at radius 2 is 2.25 bits per heavy atom. The minimum atomic E-state index is 0.623. The van der Waals surface area contributed by atoms with Crippen LogP contribution in [0.5, 0.6) is 0 Å². The van der Waals surface area contributed by atoms with Crippen molar-refractivity contribution in [2.45, 2.75) is 26.7 Å². The molecule has 0 aromatic carbocycles. The molecule has 0 saturated heterocycles. The molecule has 0 amide bonds. The topological polar surface area (TPSA) is 83.8 Å². The minimum absolute atomic E-state index is 0.623. The third-order valence-electron chi connectivity index (χ3n) is 3.24. The molecule has 0 aliphatic rings. The maximum atomic E-state index is 4.31. The lowest BCUT2D eigenvalue weighted by Crippen LogP contribution is -2.09. The first-order valence-corrected chi connectivity index (χ1v) is 6.64. The van der Waals surface area contributed by atoms with Crippen LogP contribution in [-0.4, -0.2) is 36.3 Å². The van der Waals surface area contributed by atoms with Crippen LogP contribution in [0.3, 0.4) is 0 Å². The zero-order valence-corrected chi connectivity index (χ0v) is 11.6. The predicted octanol–water partition coefficient (Wildman–Crippen LogP) is 1.51. The van der Waals surface area contributed by atoms with E-state index in [1.165, 1.54) is 11.9 Å². The summed E-state index contributed by atoms with van der Waals surface area (Å²) in [5.74, 6) is 1.55. The molecule has 3 heterocycles. The standard InChI is InChI=1S/C13H17N7/c1-9-6-12(20-13(18-9)15-8-17-20)14-5-3-4-11-7-16-19-10(11)2/h6-8,14H,3-5H2,1-2H3,(H,16,19). The second-order valence-corrected chi connectivity index (χ2v) is 4.81. The van der Waals surface area contributed by atoms with Crippen LogP contribution in [0.15, 0.2) is 18.6 Å². The zero-order chi connectivity index (χ0) is 13.9. The van der Waals surface area contributed by atoms with E-state index >= 15 is 0 Å². The number of aromatic nitrogens is 6. The SMILES string of the molecule is Cc1cc(NCCCc2cn[nH]c2C)n2ncnc2n1. The van der Waals surface area contributed by atoms with Gasteiger partial charge in [0, 0.05) is 24.0 Å². The van der Waals surface area contributed by atoms with Crippen molar-refractivity contribution in [3.05, 3.63) is 35.5 Å². The smallest absolute Gasteiger partial charge is 0.254 e. The Hall–Kier alpha value is -2.44. The Labute approximate surface area is 116 Å². The number of rotatable bonds is 5. The molecule has 0 aliphatic heterocycles. The molecule has 0 spiro atoms. The van der Waals surface area contributed by atoms with Gasteiger partial charge in [-0.1, -0.05) is 0 Å². The van der Waals surface area contributed by atoms with Crippen LogP contribution in [0.1, 0.15) is 23.4 Å². The molecule has 3 rings (SSSR count). The highest BCUT2D eigenvalue weighted by Crippen LogP contribution is 2.11. The molecule has 0 atom stereocenters. The van der Waals surface area contributed by atoms with Crippen molar-refractivity contribution in [1.82, 2.24) is 29.8 Å². The summed E-state index contributed by atoms with van der Waals surface area (Å²) < 4.78 is 1.72. The van der Waals surface area contributed by atoms with E-state index in [0.717, 1.165) is 36.6 Å². The third kappa shape index (κ3) is 2.47. The van der Waals surface area contributed by atoms with E-state index in [4.69, 9.17) is 0 Å². The van der Waals surface area contributed by atoms with Crippen LogP contribution < -0.4 is 5.32 Å². The number of anilines is 1. The van der Waals surface area contributed by atoms with Gasteiger partial charge in [0.15, 0.2) is 0 Å². The van der Waals surface area contributed by atoms with Gasteiger partial charge in [-0.15, -0.1) is 0 Å². The van der Waals surface area contributed by atoms with Gasteiger partial charge in [-0.3, -0.25) is 5.10 Å². The second kappa shape index (κ2) is 5.28. The highest BCUT2D eigenvalue weighted by Gasteiger charge is 2.05. The Bertz CT molecular complexity index is 712. The summed E-state index contributed by atoms with van der Waals surface area (Å²) in [5.41, 5.74) is 3.34. The fourth-order valence-corrected chi connectivity index (χ4v) is 2.18. The van der Waals surface area contributed by atoms with Crippen molar-refractivity contribution in [3.63, 3.8) is 0 Å². The van der Waals surface area contributed by atoms with Crippen LogP contribution in [0.2, 0.25) is 0 Å². The molecular weight excluding hydrogens is 254 g/mol. The largest absolute Gasteiger partial charge is 0.370 e. The normalized spacial score (nSPS) is 11.1. The highest BCUT2D eigenvalue weighted by atomic mass is 15.3. The van der Waals surface area contributed by atoms with Crippen molar-refractivity contribution < 1.29 is 0 Å². The lowest BCUT2D eigenvalue weighted by atomic mass is 10.1. The molecule has 3 aromatic heterocycles. The molecule has 7 nitrogen and oxygen atoms in total. The molecule has 3 aromatic rings. The van der Waals surface area contributed by atoms with Gasteiger partial charge in [0.1, 0.15) is 12.1 Å². The minimum Gasteiger partial charge on any atom is -0.370 e. The van der Waals surface area contributed by atoms with Crippen LogP contribution >= 0.6 is 0 Å². The van der Waals surface area contributed by atoms with Gasteiger partial charge in [0.2, 0.25) is 0 Å². The number of hydrogen-bond donors (Lipinski definition) is 2. The number of aryl methyl sites for hydroxylation is 3. The molecule has 20 heavy (non-hydrogen) atoms. The lowest BCUT2D eigenvalue weighted by molar-refractivity contribution is 0.837. The number of aromatic amines is 1. The highest BCUT2D eigenvalue weighted by molar-refractivity contribution is 5.44. The number of nitrogens with zero attached hydrogens (tertiary/aromatic N) is 5. The summed E-state index contributed by atoms with van der Waals surface area (Å²) >= 11 is 0. The first-order valence-electron chi connectivity index (χ1n) is 6.64. The van der Waals surface area contributed by atoms with Crippen LogP contribution in [0, 0.1) is 13.8 Å². The molecule has 104 valence electrons. The molecule has 0 unspecified atom stereocenters. The molecule has 0 saturated carbocycles. The Morgan fingerprint density at radius 3 is 3.05 bits per heavy atom. The molecule has 0 aliphatic carbocycles. The summed E-state index contributed by atoms with van der Waals surface area (Å²) in [4.78, 5) is 8.42. The maximum absolute atomic E-state index is 4.31. The Balaban J connectivity index is 1.62. The van der Waals surface area contributed by atoms with Gasteiger partial charge >= 0.3 is 0 Å². The van der Waals surface area contributed by atoms with E-state index < -0.39 is 0 Å². The molecular formula is C13H17N7. The van der Waals surface area contributed by atoms with Gasteiger partial charge in [-0.2, -0.15) is 19.7 Å². The van der Waals surface area contributed by atoms with E-state index in [1.54, 1.807) is 4.52 Å². The summed E-state index contributed by atoms with van der Waals surface area (Å²) in [6.45, 7) is 4.86. The van der Waals surface area contributed by atoms with E-state index in [2.05, 4.69) is 30.6 Å².